The second kappa shape index (κ2) is 4.18. The number of imidazole rings is 1. The minimum atomic E-state index is -0.869. The summed E-state index contributed by atoms with van der Waals surface area (Å²) in [6, 6.07) is 0. The zero-order valence-corrected chi connectivity index (χ0v) is 10.6. The van der Waals surface area contributed by atoms with E-state index in [0.29, 0.717) is 36.4 Å². The van der Waals surface area contributed by atoms with Crippen LogP contribution >= 0.6 is 0 Å². The second-order valence-electron chi connectivity index (χ2n) is 4.74. The van der Waals surface area contributed by atoms with Gasteiger partial charge in [0.15, 0.2) is 11.5 Å². The van der Waals surface area contributed by atoms with Gasteiger partial charge in [0.1, 0.15) is 17.4 Å². The molecule has 0 radical (unpaired) electrons. The Morgan fingerprint density at radius 2 is 2.37 bits per heavy atom. The van der Waals surface area contributed by atoms with Gasteiger partial charge in [0.25, 0.3) is 0 Å². The molecule has 1 aliphatic heterocycles. The quantitative estimate of drug-likeness (QED) is 0.861. The van der Waals surface area contributed by atoms with Crippen molar-refractivity contribution >= 4 is 23.0 Å². The van der Waals surface area contributed by atoms with E-state index in [2.05, 4.69) is 19.9 Å². The topological polar surface area (TPSA) is 95.0 Å². The molecular formula is C12H15N5O2. The Bertz CT molecular complexity index is 625. The maximum Gasteiger partial charge on any atom is 0.329 e. The van der Waals surface area contributed by atoms with E-state index < -0.39 is 11.5 Å². The van der Waals surface area contributed by atoms with Crippen LogP contribution in [0, 0.1) is 0 Å². The highest BCUT2D eigenvalue weighted by Crippen LogP contribution is 2.37. The Hall–Kier alpha value is -2.18. The first-order valence-corrected chi connectivity index (χ1v) is 6.34. The van der Waals surface area contributed by atoms with Gasteiger partial charge >= 0.3 is 5.97 Å². The number of hydrogen-bond acceptors (Lipinski definition) is 5. The molecule has 1 aliphatic rings. The number of rotatable bonds is 3. The largest absolute Gasteiger partial charge is 0.479 e. The van der Waals surface area contributed by atoms with E-state index in [1.54, 1.807) is 6.33 Å². The fourth-order valence-corrected chi connectivity index (χ4v) is 2.89. The fraction of sp³-hybridized carbons (Fsp3) is 0.500. The predicted octanol–water partition coefficient (Wildman–Crippen LogP) is 1.19. The van der Waals surface area contributed by atoms with Crippen LogP contribution in [0.5, 0.6) is 0 Å². The number of carboxylic acid groups (broad SMARTS) is 1. The van der Waals surface area contributed by atoms with E-state index in [1.807, 2.05) is 11.8 Å². The third-order valence-electron chi connectivity index (χ3n) is 3.93. The van der Waals surface area contributed by atoms with E-state index >= 15 is 0 Å². The van der Waals surface area contributed by atoms with Gasteiger partial charge in [-0.15, -0.1) is 0 Å². The molecule has 1 unspecified atom stereocenters. The number of aromatic nitrogens is 4. The second-order valence-corrected chi connectivity index (χ2v) is 4.74. The molecular weight excluding hydrogens is 246 g/mol. The lowest BCUT2D eigenvalue weighted by Crippen LogP contribution is -2.50. The average molecular weight is 261 g/mol. The van der Waals surface area contributed by atoms with Gasteiger partial charge in [-0.3, -0.25) is 0 Å². The lowest BCUT2D eigenvalue weighted by Gasteiger charge is -2.34. The molecule has 7 nitrogen and oxygen atoms in total. The molecule has 0 aromatic carbocycles. The molecule has 3 heterocycles. The molecule has 7 heteroatoms. The van der Waals surface area contributed by atoms with Crippen LogP contribution in [0.1, 0.15) is 26.2 Å². The van der Waals surface area contributed by atoms with Gasteiger partial charge in [0, 0.05) is 6.54 Å². The van der Waals surface area contributed by atoms with Gasteiger partial charge in [0.05, 0.1) is 6.33 Å². The lowest BCUT2D eigenvalue weighted by atomic mass is 9.93. The number of aliphatic carboxylic acids is 1. The van der Waals surface area contributed by atoms with E-state index in [0.717, 1.165) is 6.42 Å². The van der Waals surface area contributed by atoms with Crippen molar-refractivity contribution in [3.05, 3.63) is 12.7 Å². The summed E-state index contributed by atoms with van der Waals surface area (Å²) in [7, 11) is 0. The van der Waals surface area contributed by atoms with Gasteiger partial charge in [0.2, 0.25) is 0 Å². The maximum absolute atomic E-state index is 11.7. The minimum Gasteiger partial charge on any atom is -0.479 e. The third kappa shape index (κ3) is 1.57. The number of hydrogen-bond donors (Lipinski definition) is 2. The van der Waals surface area contributed by atoms with Crippen molar-refractivity contribution in [3.8, 4) is 0 Å². The lowest BCUT2D eigenvalue weighted by molar-refractivity contribution is -0.143. The Morgan fingerprint density at radius 3 is 3.11 bits per heavy atom. The Kier molecular flexibility index (Phi) is 2.62. The summed E-state index contributed by atoms with van der Waals surface area (Å²) in [5.41, 5.74) is 0.391. The zero-order chi connectivity index (χ0) is 13.5. The summed E-state index contributed by atoms with van der Waals surface area (Å²) in [6.45, 7) is 2.59. The molecule has 1 fully saturated rings. The molecule has 100 valence electrons. The Labute approximate surface area is 109 Å². The van der Waals surface area contributed by atoms with Crippen LogP contribution in [0.4, 0.5) is 5.82 Å². The molecule has 1 atom stereocenters. The van der Waals surface area contributed by atoms with Crippen LogP contribution in [0.15, 0.2) is 12.7 Å². The minimum absolute atomic E-state index is 0.544. The van der Waals surface area contributed by atoms with Gasteiger partial charge in [-0.2, -0.15) is 0 Å². The van der Waals surface area contributed by atoms with Crippen LogP contribution in [-0.2, 0) is 4.79 Å². The normalized spacial score (nSPS) is 23.1. The van der Waals surface area contributed by atoms with E-state index in [1.165, 1.54) is 6.33 Å². The van der Waals surface area contributed by atoms with E-state index in [4.69, 9.17) is 0 Å². The number of anilines is 1. The third-order valence-corrected chi connectivity index (χ3v) is 3.93. The smallest absolute Gasteiger partial charge is 0.329 e. The maximum atomic E-state index is 11.7. The molecule has 19 heavy (non-hydrogen) atoms. The van der Waals surface area contributed by atoms with Gasteiger partial charge in [-0.25, -0.2) is 19.7 Å². The molecule has 0 saturated carbocycles. The van der Waals surface area contributed by atoms with E-state index in [-0.39, 0.29) is 0 Å². The molecule has 2 aromatic rings. The number of nitrogens with one attached hydrogen (secondary N) is 1. The summed E-state index contributed by atoms with van der Waals surface area (Å²) in [4.78, 5) is 29.0. The molecule has 0 aliphatic carbocycles. The Morgan fingerprint density at radius 1 is 1.53 bits per heavy atom. The van der Waals surface area contributed by atoms with Crippen molar-refractivity contribution in [1.29, 1.82) is 0 Å². The van der Waals surface area contributed by atoms with Crippen molar-refractivity contribution in [2.24, 2.45) is 0 Å². The molecule has 1 saturated heterocycles. The summed E-state index contributed by atoms with van der Waals surface area (Å²) >= 11 is 0. The Balaban J connectivity index is 2.15. The number of H-pyrrole nitrogens is 1. The first-order chi connectivity index (χ1) is 9.19. The number of fused-ring (bicyclic) bond motifs is 1. The SMILES string of the molecule is CCC1(C(=O)O)CCCN1c1ncnc2nc[nH]c12. The van der Waals surface area contributed by atoms with Crippen molar-refractivity contribution in [2.45, 2.75) is 31.7 Å². The summed E-state index contributed by atoms with van der Waals surface area (Å²) in [6.07, 6.45) is 5.01. The summed E-state index contributed by atoms with van der Waals surface area (Å²) in [5.74, 6) is -0.164. The first-order valence-electron chi connectivity index (χ1n) is 6.34. The fourth-order valence-electron chi connectivity index (χ4n) is 2.89. The van der Waals surface area contributed by atoms with Crippen molar-refractivity contribution in [1.82, 2.24) is 19.9 Å². The first kappa shape index (κ1) is 11.9. The number of aromatic amines is 1. The summed E-state index contributed by atoms with van der Waals surface area (Å²) in [5, 5.41) is 9.61. The van der Waals surface area contributed by atoms with Crippen LogP contribution in [-0.4, -0.2) is 43.1 Å². The van der Waals surface area contributed by atoms with Crippen LogP contribution in [0.25, 0.3) is 11.2 Å². The van der Waals surface area contributed by atoms with Gasteiger partial charge < -0.3 is 15.0 Å². The molecule has 2 aromatic heterocycles. The molecule has 0 spiro atoms. The predicted molar refractivity (Wildman–Crippen MR) is 68.9 cm³/mol. The van der Waals surface area contributed by atoms with Gasteiger partial charge in [-0.1, -0.05) is 6.92 Å². The summed E-state index contributed by atoms with van der Waals surface area (Å²) < 4.78 is 0. The van der Waals surface area contributed by atoms with Crippen molar-refractivity contribution in [3.63, 3.8) is 0 Å². The molecule has 3 rings (SSSR count). The van der Waals surface area contributed by atoms with Gasteiger partial charge in [-0.05, 0) is 19.3 Å². The number of carboxylic acids is 1. The number of carbonyl (C=O) groups is 1. The van der Waals surface area contributed by atoms with Crippen molar-refractivity contribution < 1.29 is 9.90 Å². The molecule has 0 bridgehead atoms. The number of nitrogens with zero attached hydrogens (tertiary/aromatic N) is 4. The van der Waals surface area contributed by atoms with Crippen LogP contribution < -0.4 is 4.90 Å². The van der Waals surface area contributed by atoms with Crippen LogP contribution in [0.3, 0.4) is 0 Å². The molecule has 0 amide bonds. The standard InChI is InChI=1S/C12H15N5O2/c1-2-12(11(18)19)4-3-5-17(12)10-8-9(14-6-13-8)15-7-16-10/h6-7H,2-5H2,1H3,(H,18,19)(H,13,14,15,16). The highest BCUT2D eigenvalue weighted by Gasteiger charge is 2.47. The zero-order valence-electron chi connectivity index (χ0n) is 10.6. The monoisotopic (exact) mass is 261 g/mol. The van der Waals surface area contributed by atoms with Crippen molar-refractivity contribution in [2.75, 3.05) is 11.4 Å². The molecule has 2 N–H and O–H groups in total. The highest BCUT2D eigenvalue weighted by atomic mass is 16.4. The van der Waals surface area contributed by atoms with E-state index in [9.17, 15) is 9.90 Å². The van der Waals surface area contributed by atoms with Crippen LogP contribution in [0.2, 0.25) is 0 Å². The highest BCUT2D eigenvalue weighted by molar-refractivity contribution is 5.89. The average Bonchev–Trinajstić information content (AvgIpc) is 3.05.